The number of pyridine rings is 1. The SMILES string of the molecule is Cn1ncc2cccc(NS(=O)(=O)c3ccc(N4CC(C)(C)OC4=O)nc3)c21. The monoisotopic (exact) mass is 401 g/mol. The summed E-state index contributed by atoms with van der Waals surface area (Å²) < 4.78 is 35.0. The lowest BCUT2D eigenvalue weighted by Crippen LogP contribution is -2.29. The maximum absolute atomic E-state index is 12.8. The maximum atomic E-state index is 12.8. The predicted molar refractivity (Wildman–Crippen MR) is 104 cm³/mol. The first-order chi connectivity index (χ1) is 13.2. The normalized spacial score (nSPS) is 16.4. The van der Waals surface area contributed by atoms with Crippen LogP contribution in [0.25, 0.3) is 10.9 Å². The number of hydrogen-bond donors (Lipinski definition) is 1. The van der Waals surface area contributed by atoms with Gasteiger partial charge in [-0.05, 0) is 32.0 Å². The van der Waals surface area contributed by atoms with Crippen molar-refractivity contribution in [3.8, 4) is 0 Å². The molecule has 10 heteroatoms. The van der Waals surface area contributed by atoms with Gasteiger partial charge in [0.1, 0.15) is 16.3 Å². The summed E-state index contributed by atoms with van der Waals surface area (Å²) in [6, 6.07) is 8.18. The number of hydrogen-bond acceptors (Lipinski definition) is 6. The predicted octanol–water partition coefficient (Wildman–Crippen LogP) is 2.50. The van der Waals surface area contributed by atoms with Gasteiger partial charge in [-0.2, -0.15) is 5.10 Å². The van der Waals surface area contributed by atoms with Crippen molar-refractivity contribution in [2.45, 2.75) is 24.3 Å². The fraction of sp³-hybridized carbons (Fsp3) is 0.278. The van der Waals surface area contributed by atoms with Gasteiger partial charge < -0.3 is 4.74 Å². The van der Waals surface area contributed by atoms with Gasteiger partial charge in [-0.3, -0.25) is 14.3 Å². The van der Waals surface area contributed by atoms with Gasteiger partial charge in [0.15, 0.2) is 0 Å². The van der Waals surface area contributed by atoms with Crippen molar-refractivity contribution in [1.29, 1.82) is 0 Å². The molecule has 146 valence electrons. The van der Waals surface area contributed by atoms with Gasteiger partial charge in [-0.1, -0.05) is 12.1 Å². The Morgan fingerprint density at radius 3 is 2.61 bits per heavy atom. The van der Waals surface area contributed by atoms with Crippen LogP contribution in [0.2, 0.25) is 0 Å². The summed E-state index contributed by atoms with van der Waals surface area (Å²) in [6.07, 6.45) is 2.38. The molecule has 1 aliphatic heterocycles. The number of para-hydroxylation sites is 1. The lowest BCUT2D eigenvalue weighted by atomic mass is 10.1. The van der Waals surface area contributed by atoms with Crippen LogP contribution >= 0.6 is 0 Å². The molecule has 0 bridgehead atoms. The number of fused-ring (bicyclic) bond motifs is 1. The number of carbonyl (C=O) groups excluding carboxylic acids is 1. The molecule has 1 N–H and O–H groups in total. The molecule has 0 saturated carbocycles. The van der Waals surface area contributed by atoms with Gasteiger partial charge in [-0.15, -0.1) is 0 Å². The van der Waals surface area contributed by atoms with E-state index in [1.54, 1.807) is 43.9 Å². The molecule has 3 heterocycles. The van der Waals surface area contributed by atoms with Crippen LogP contribution in [-0.4, -0.2) is 41.4 Å². The number of amides is 1. The van der Waals surface area contributed by atoms with Crippen LogP contribution in [-0.2, 0) is 21.8 Å². The second-order valence-corrected chi connectivity index (χ2v) is 8.87. The second kappa shape index (κ2) is 6.20. The number of rotatable bonds is 4. The lowest BCUT2D eigenvalue weighted by Gasteiger charge is -2.15. The van der Waals surface area contributed by atoms with Gasteiger partial charge in [0.25, 0.3) is 10.0 Å². The Bertz CT molecular complexity index is 1170. The van der Waals surface area contributed by atoms with Gasteiger partial charge in [0, 0.05) is 18.6 Å². The van der Waals surface area contributed by atoms with Gasteiger partial charge in [0.2, 0.25) is 0 Å². The summed E-state index contributed by atoms with van der Waals surface area (Å²) in [5, 5.41) is 4.98. The number of sulfonamides is 1. The third-order valence-electron chi connectivity index (χ3n) is 4.44. The molecule has 0 unspecified atom stereocenters. The molecular weight excluding hydrogens is 382 g/mol. The molecule has 1 aromatic carbocycles. The van der Waals surface area contributed by atoms with Gasteiger partial charge >= 0.3 is 6.09 Å². The maximum Gasteiger partial charge on any atom is 0.416 e. The Hall–Kier alpha value is -3.14. The Morgan fingerprint density at radius 1 is 1.18 bits per heavy atom. The highest BCUT2D eigenvalue weighted by atomic mass is 32.2. The molecule has 28 heavy (non-hydrogen) atoms. The third-order valence-corrected chi connectivity index (χ3v) is 5.79. The summed E-state index contributed by atoms with van der Waals surface area (Å²) >= 11 is 0. The van der Waals surface area contributed by atoms with E-state index in [1.165, 1.54) is 23.2 Å². The molecule has 0 spiro atoms. The van der Waals surface area contributed by atoms with Crippen molar-refractivity contribution in [2.75, 3.05) is 16.2 Å². The van der Waals surface area contributed by atoms with Gasteiger partial charge in [0.05, 0.1) is 23.9 Å². The topological polar surface area (TPSA) is 106 Å². The molecule has 9 nitrogen and oxygen atoms in total. The average Bonchev–Trinajstić information content (AvgIpc) is 3.14. The van der Waals surface area contributed by atoms with Crippen LogP contribution < -0.4 is 9.62 Å². The van der Waals surface area contributed by atoms with Crippen LogP contribution in [0.1, 0.15) is 13.8 Å². The van der Waals surface area contributed by atoms with Crippen molar-refractivity contribution in [3.63, 3.8) is 0 Å². The first kappa shape index (κ1) is 18.2. The fourth-order valence-corrected chi connectivity index (χ4v) is 4.16. The number of ether oxygens (including phenoxy) is 1. The number of aromatic nitrogens is 3. The molecule has 0 aliphatic carbocycles. The molecule has 3 aromatic rings. The van der Waals surface area contributed by atoms with Gasteiger partial charge in [-0.25, -0.2) is 18.2 Å². The minimum absolute atomic E-state index is 0.0118. The number of benzene rings is 1. The molecule has 1 amide bonds. The summed E-state index contributed by atoms with van der Waals surface area (Å²) in [5.41, 5.74) is 0.483. The van der Waals surface area contributed by atoms with Crippen LogP contribution in [0.4, 0.5) is 16.3 Å². The number of aryl methyl sites for hydroxylation is 1. The van der Waals surface area contributed by atoms with Crippen LogP contribution in [0.5, 0.6) is 0 Å². The van der Waals surface area contributed by atoms with E-state index in [0.717, 1.165) is 5.39 Å². The quantitative estimate of drug-likeness (QED) is 0.720. The zero-order chi connectivity index (χ0) is 20.1. The van der Waals surface area contributed by atoms with Crippen LogP contribution in [0.15, 0.2) is 47.6 Å². The number of carbonyl (C=O) groups is 1. The minimum atomic E-state index is -3.86. The summed E-state index contributed by atoms with van der Waals surface area (Å²) in [6.45, 7) is 3.94. The Morgan fingerprint density at radius 2 is 1.96 bits per heavy atom. The van der Waals surface area contributed by atoms with E-state index < -0.39 is 21.7 Å². The zero-order valence-corrected chi connectivity index (χ0v) is 16.4. The third kappa shape index (κ3) is 3.15. The van der Waals surface area contributed by atoms with Crippen molar-refractivity contribution in [1.82, 2.24) is 14.8 Å². The Kier molecular flexibility index (Phi) is 4.03. The van der Waals surface area contributed by atoms with E-state index in [4.69, 9.17) is 4.74 Å². The molecule has 4 rings (SSSR count). The van der Waals surface area contributed by atoms with Crippen molar-refractivity contribution in [2.24, 2.45) is 7.05 Å². The number of nitrogens with one attached hydrogen (secondary N) is 1. The molecule has 0 atom stereocenters. The Labute approximate surface area is 162 Å². The summed E-state index contributed by atoms with van der Waals surface area (Å²) in [4.78, 5) is 17.5. The molecule has 1 fully saturated rings. The molecular formula is C18H19N5O4S. The van der Waals surface area contributed by atoms with Crippen molar-refractivity contribution >= 4 is 38.5 Å². The smallest absolute Gasteiger partial charge is 0.416 e. The van der Waals surface area contributed by atoms with E-state index in [2.05, 4.69) is 14.8 Å². The highest BCUT2D eigenvalue weighted by Crippen LogP contribution is 2.28. The molecule has 2 aromatic heterocycles. The standard InChI is InChI=1S/C18H19N5O4S/c1-18(2)11-23(17(24)27-18)15-8-7-13(10-19-15)28(25,26)21-14-6-4-5-12-9-20-22(3)16(12)14/h4-10,21H,11H2,1-3H3. The van der Waals surface area contributed by atoms with Crippen LogP contribution in [0.3, 0.4) is 0 Å². The van der Waals surface area contributed by atoms with Crippen molar-refractivity contribution < 1.29 is 17.9 Å². The summed E-state index contributed by atoms with van der Waals surface area (Å²) in [5.74, 6) is 0.336. The van der Waals surface area contributed by atoms with E-state index in [-0.39, 0.29) is 4.90 Å². The zero-order valence-electron chi connectivity index (χ0n) is 15.6. The number of cyclic esters (lactones) is 1. The Balaban J connectivity index is 1.62. The minimum Gasteiger partial charge on any atom is -0.441 e. The van der Waals surface area contributed by atoms with Crippen molar-refractivity contribution in [3.05, 3.63) is 42.7 Å². The molecule has 1 aliphatic rings. The fourth-order valence-electron chi connectivity index (χ4n) is 3.15. The van der Waals surface area contributed by atoms with E-state index in [0.29, 0.717) is 23.6 Å². The van der Waals surface area contributed by atoms with E-state index in [9.17, 15) is 13.2 Å². The largest absolute Gasteiger partial charge is 0.441 e. The number of anilines is 2. The van der Waals surface area contributed by atoms with Crippen LogP contribution in [0, 0.1) is 0 Å². The second-order valence-electron chi connectivity index (χ2n) is 7.18. The van der Waals surface area contributed by atoms with E-state index >= 15 is 0 Å². The first-order valence-electron chi connectivity index (χ1n) is 8.56. The van der Waals surface area contributed by atoms with E-state index in [1.807, 2.05) is 6.07 Å². The first-order valence-corrected chi connectivity index (χ1v) is 10.0. The highest BCUT2D eigenvalue weighted by molar-refractivity contribution is 7.92. The molecule has 0 radical (unpaired) electrons. The molecule has 1 saturated heterocycles. The summed E-state index contributed by atoms with van der Waals surface area (Å²) in [7, 11) is -2.12. The highest BCUT2D eigenvalue weighted by Gasteiger charge is 2.39. The average molecular weight is 401 g/mol. The number of nitrogens with zero attached hydrogens (tertiary/aromatic N) is 4. The lowest BCUT2D eigenvalue weighted by molar-refractivity contribution is 0.0871.